The number of hydrogen-bond donors (Lipinski definition) is 1. The summed E-state index contributed by atoms with van der Waals surface area (Å²) in [6.45, 7) is 6.66. The Labute approximate surface area is 195 Å². The molecule has 3 rings (SSSR count). The van der Waals surface area contributed by atoms with Crippen LogP contribution in [0.15, 0.2) is 53.4 Å². The zero-order valence-corrected chi connectivity index (χ0v) is 19.8. The molecule has 2 amide bonds. The third-order valence-electron chi connectivity index (χ3n) is 5.25. The number of alkyl carbamates (subject to hydrolysis) is 1. The summed E-state index contributed by atoms with van der Waals surface area (Å²) in [7, 11) is -5.62. The van der Waals surface area contributed by atoms with Crippen LogP contribution in [-0.4, -0.2) is 37.6 Å². The van der Waals surface area contributed by atoms with Gasteiger partial charge in [0.05, 0.1) is 10.9 Å². The molecule has 1 unspecified atom stereocenters. The first-order chi connectivity index (χ1) is 15.6. The molecule has 184 valence electrons. The van der Waals surface area contributed by atoms with Crippen molar-refractivity contribution >= 4 is 27.5 Å². The minimum absolute atomic E-state index is 0.0360. The van der Waals surface area contributed by atoms with Crippen LogP contribution < -0.4 is 10.2 Å². The lowest BCUT2D eigenvalue weighted by Crippen LogP contribution is -2.54. The Morgan fingerprint density at radius 1 is 1.12 bits per heavy atom. The van der Waals surface area contributed by atoms with Gasteiger partial charge in [-0.3, -0.25) is 4.79 Å². The number of benzene rings is 2. The van der Waals surface area contributed by atoms with Crippen LogP contribution in [0.1, 0.15) is 44.9 Å². The van der Waals surface area contributed by atoms with Crippen molar-refractivity contribution in [3.05, 3.63) is 59.7 Å². The lowest BCUT2D eigenvalue weighted by Gasteiger charge is -2.38. The van der Waals surface area contributed by atoms with E-state index in [0.29, 0.717) is 11.1 Å². The summed E-state index contributed by atoms with van der Waals surface area (Å²) in [4.78, 5) is 26.0. The fourth-order valence-corrected chi connectivity index (χ4v) is 4.46. The summed E-state index contributed by atoms with van der Waals surface area (Å²) in [6.07, 6.45) is -0.865. The number of hydrogen-bond acceptors (Lipinski definition) is 5. The van der Waals surface area contributed by atoms with E-state index in [2.05, 4.69) is 5.32 Å². The Hall–Kier alpha value is -3.08. The fourth-order valence-electron chi connectivity index (χ4n) is 3.68. The van der Waals surface area contributed by atoms with Crippen molar-refractivity contribution in [3.63, 3.8) is 0 Å². The van der Waals surface area contributed by atoms with E-state index in [1.165, 1.54) is 11.0 Å². The second kappa shape index (κ2) is 8.94. The predicted molar refractivity (Wildman–Crippen MR) is 119 cm³/mol. The first kappa shape index (κ1) is 25.5. The van der Waals surface area contributed by atoms with Crippen LogP contribution in [0.3, 0.4) is 0 Å². The first-order valence-corrected chi connectivity index (χ1v) is 11.9. The second-order valence-corrected chi connectivity index (χ2v) is 10.9. The SMILES string of the molecule is CC(c1ccccc1)N1C(=O)[C@H](NC(=O)OC(C)(C)C)Cc2ccc(S(=O)(=O)C(F)(F)F)cc21. The van der Waals surface area contributed by atoms with Crippen LogP contribution in [0.2, 0.25) is 0 Å². The Balaban J connectivity index is 2.08. The third-order valence-corrected chi connectivity index (χ3v) is 6.74. The van der Waals surface area contributed by atoms with E-state index >= 15 is 0 Å². The largest absolute Gasteiger partial charge is 0.501 e. The maximum atomic E-state index is 13.4. The molecule has 0 saturated heterocycles. The smallest absolute Gasteiger partial charge is 0.444 e. The number of halogens is 3. The van der Waals surface area contributed by atoms with Crippen molar-refractivity contribution < 1.29 is 35.9 Å². The number of carbonyl (C=O) groups is 2. The van der Waals surface area contributed by atoms with Crippen LogP contribution >= 0.6 is 0 Å². The number of fused-ring (bicyclic) bond motifs is 1. The summed E-state index contributed by atoms with van der Waals surface area (Å²) in [5.74, 6) is -0.601. The molecule has 11 heteroatoms. The van der Waals surface area contributed by atoms with Crippen molar-refractivity contribution in [2.24, 2.45) is 0 Å². The molecule has 0 aromatic heterocycles. The van der Waals surface area contributed by atoms with Gasteiger partial charge < -0.3 is 15.0 Å². The summed E-state index contributed by atoms with van der Waals surface area (Å²) in [5, 5.41) is 2.52. The van der Waals surface area contributed by atoms with Crippen molar-refractivity contribution in [1.29, 1.82) is 0 Å². The van der Waals surface area contributed by atoms with Crippen LogP contribution in [-0.2, 0) is 25.8 Å². The molecule has 1 heterocycles. The highest BCUT2D eigenvalue weighted by atomic mass is 32.2. The molecule has 2 atom stereocenters. The van der Waals surface area contributed by atoms with Gasteiger partial charge in [-0.05, 0) is 51.0 Å². The molecule has 34 heavy (non-hydrogen) atoms. The highest BCUT2D eigenvalue weighted by molar-refractivity contribution is 7.92. The first-order valence-electron chi connectivity index (χ1n) is 10.4. The molecule has 0 fully saturated rings. The summed E-state index contributed by atoms with van der Waals surface area (Å²) in [5.41, 5.74) is -5.18. The topological polar surface area (TPSA) is 92.8 Å². The van der Waals surface area contributed by atoms with Crippen molar-refractivity contribution in [2.75, 3.05) is 4.90 Å². The maximum Gasteiger partial charge on any atom is 0.501 e. The number of alkyl halides is 3. The minimum Gasteiger partial charge on any atom is -0.444 e. The molecule has 1 N–H and O–H groups in total. The molecule has 1 aliphatic heterocycles. The van der Waals surface area contributed by atoms with Crippen LogP contribution in [0.4, 0.5) is 23.7 Å². The number of anilines is 1. The number of nitrogens with zero attached hydrogens (tertiary/aromatic N) is 1. The highest BCUT2D eigenvalue weighted by Gasteiger charge is 2.48. The monoisotopic (exact) mass is 498 g/mol. The number of nitrogens with one attached hydrogen (secondary N) is 1. The van der Waals surface area contributed by atoms with E-state index in [4.69, 9.17) is 4.74 Å². The fraction of sp³-hybridized carbons (Fsp3) is 0.391. The average molecular weight is 499 g/mol. The summed E-state index contributed by atoms with van der Waals surface area (Å²) < 4.78 is 68.7. The molecule has 0 saturated carbocycles. The van der Waals surface area contributed by atoms with Gasteiger partial charge >= 0.3 is 11.6 Å². The van der Waals surface area contributed by atoms with E-state index in [-0.39, 0.29) is 12.1 Å². The van der Waals surface area contributed by atoms with Gasteiger partial charge in [0.15, 0.2) is 0 Å². The minimum atomic E-state index is -5.62. The normalized spacial score (nSPS) is 17.7. The Morgan fingerprint density at radius 3 is 2.29 bits per heavy atom. The summed E-state index contributed by atoms with van der Waals surface area (Å²) in [6, 6.07) is 9.94. The van der Waals surface area contributed by atoms with E-state index in [0.717, 1.165) is 12.1 Å². The van der Waals surface area contributed by atoms with Crippen molar-refractivity contribution in [3.8, 4) is 0 Å². The van der Waals surface area contributed by atoms with E-state index in [9.17, 15) is 31.2 Å². The molecule has 0 bridgehead atoms. The number of sulfone groups is 1. The molecular formula is C23H25F3N2O5S. The molecule has 0 aliphatic carbocycles. The van der Waals surface area contributed by atoms with Crippen molar-refractivity contribution in [1.82, 2.24) is 5.32 Å². The van der Waals surface area contributed by atoms with E-state index < -0.39 is 49.9 Å². The quantitative estimate of drug-likeness (QED) is 0.669. The van der Waals surface area contributed by atoms with Gasteiger partial charge in [-0.1, -0.05) is 36.4 Å². The molecule has 2 aromatic rings. The Kier molecular flexibility index (Phi) is 6.71. The molecule has 1 aliphatic rings. The van der Waals surface area contributed by atoms with Crippen LogP contribution in [0.5, 0.6) is 0 Å². The van der Waals surface area contributed by atoms with E-state index in [1.807, 2.05) is 0 Å². The number of amides is 2. The van der Waals surface area contributed by atoms with Crippen LogP contribution in [0, 0.1) is 0 Å². The van der Waals surface area contributed by atoms with Gasteiger partial charge in [0.2, 0.25) is 0 Å². The maximum absolute atomic E-state index is 13.4. The van der Waals surface area contributed by atoms with Gasteiger partial charge in [0.25, 0.3) is 15.7 Å². The molecule has 7 nitrogen and oxygen atoms in total. The van der Waals surface area contributed by atoms with Gasteiger partial charge in [-0.15, -0.1) is 0 Å². The zero-order chi connectivity index (χ0) is 25.5. The second-order valence-electron chi connectivity index (χ2n) is 8.94. The van der Waals surface area contributed by atoms with Gasteiger partial charge in [-0.25, -0.2) is 13.2 Å². The van der Waals surface area contributed by atoms with Gasteiger partial charge in [0, 0.05) is 12.1 Å². The lowest BCUT2D eigenvalue weighted by molar-refractivity contribution is -0.121. The van der Waals surface area contributed by atoms with Crippen molar-refractivity contribution in [2.45, 2.75) is 62.2 Å². The molecule has 0 spiro atoms. The van der Waals surface area contributed by atoms with Crippen LogP contribution in [0.25, 0.3) is 0 Å². The third kappa shape index (κ3) is 5.19. The number of rotatable bonds is 4. The number of ether oxygens (including phenoxy) is 1. The summed E-state index contributed by atoms with van der Waals surface area (Å²) >= 11 is 0. The molecule has 0 radical (unpaired) electrons. The van der Waals surface area contributed by atoms with E-state index in [1.54, 1.807) is 58.0 Å². The predicted octanol–water partition coefficient (Wildman–Crippen LogP) is 4.52. The number of carbonyl (C=O) groups excluding carboxylic acids is 2. The Morgan fingerprint density at radius 2 is 1.74 bits per heavy atom. The molecule has 2 aromatic carbocycles. The Bertz CT molecular complexity index is 1190. The highest BCUT2D eigenvalue weighted by Crippen LogP contribution is 2.39. The average Bonchev–Trinajstić information content (AvgIpc) is 2.72. The van der Waals surface area contributed by atoms with Gasteiger partial charge in [-0.2, -0.15) is 13.2 Å². The van der Waals surface area contributed by atoms with Gasteiger partial charge in [0.1, 0.15) is 11.6 Å². The zero-order valence-electron chi connectivity index (χ0n) is 19.0. The molecular weight excluding hydrogens is 473 g/mol. The standard InChI is InChI=1S/C23H25F3N2O5S/c1-14(15-8-6-5-7-9-15)28-19-13-17(34(31,32)23(24,25)26)11-10-16(19)12-18(20(28)29)27-21(30)33-22(2,3)4/h5-11,13-14,18H,12H2,1-4H3,(H,27,30)/t14?,18-/m1/s1. The lowest BCUT2D eigenvalue weighted by atomic mass is 9.94.